The second kappa shape index (κ2) is 11.9. The Kier molecular flexibility index (Phi) is 19.3. The van der Waals surface area contributed by atoms with Crippen LogP contribution in [0.5, 0.6) is 0 Å². The molecule has 0 bridgehead atoms. The Balaban J connectivity index is -0.0000000718. The summed E-state index contributed by atoms with van der Waals surface area (Å²) in [6.07, 6.45) is 1.28. The number of carbonyl (C=O) groups is 1. The molecule has 5 heteroatoms. The van der Waals surface area contributed by atoms with Gasteiger partial charge < -0.3 is 16.4 Å². The number of amides is 1. The van der Waals surface area contributed by atoms with Crippen LogP contribution in [0.25, 0.3) is 0 Å². The fraction of sp³-hybridized carbons (Fsp3) is 0.700. The number of primary amides is 1. The van der Waals surface area contributed by atoms with Gasteiger partial charge in [0.15, 0.2) is 0 Å². The van der Waals surface area contributed by atoms with Gasteiger partial charge >= 0.3 is 0 Å². The average molecular weight is 332 g/mol. The van der Waals surface area contributed by atoms with E-state index >= 15 is 0 Å². The molecule has 1 amide bonds. The fourth-order valence-corrected chi connectivity index (χ4v) is 0.671. The fourth-order valence-electron chi connectivity index (χ4n) is 0.671. The summed E-state index contributed by atoms with van der Waals surface area (Å²) in [5.41, 5.74) is 5.09. The third kappa shape index (κ3) is 31.6. The number of hydrogen-bond acceptors (Lipinski definition) is 2. The molecule has 0 aliphatic rings. The highest BCUT2D eigenvalue weighted by Gasteiger charge is 2.01. The summed E-state index contributed by atoms with van der Waals surface area (Å²) in [5.74, 6) is -0.435. The van der Waals surface area contributed by atoms with Crippen molar-refractivity contribution in [2.45, 2.75) is 20.3 Å². The van der Waals surface area contributed by atoms with Crippen LogP contribution in [0.4, 0.5) is 0 Å². The van der Waals surface area contributed by atoms with Crippen LogP contribution in [-0.2, 0) is 4.79 Å². The topological polar surface area (TPSA) is 78.1 Å². The molecule has 0 atom stereocenters. The van der Waals surface area contributed by atoms with Crippen LogP contribution in [0, 0.1) is 0 Å². The van der Waals surface area contributed by atoms with Gasteiger partial charge in [0.05, 0.1) is 27.7 Å². The van der Waals surface area contributed by atoms with Crippen molar-refractivity contribution in [1.82, 2.24) is 6.15 Å². The van der Waals surface area contributed by atoms with E-state index in [-0.39, 0.29) is 30.1 Å². The minimum absolute atomic E-state index is 0. The molecule has 0 spiro atoms. The number of hydrogen-bond donors (Lipinski definition) is 2. The zero-order valence-corrected chi connectivity index (χ0v) is 13.0. The van der Waals surface area contributed by atoms with E-state index in [0.717, 1.165) is 4.48 Å². The Morgan fingerprint density at radius 3 is 1.60 bits per heavy atom. The van der Waals surface area contributed by atoms with E-state index < -0.39 is 5.91 Å². The highest BCUT2D eigenvalue weighted by atomic mass is 127. The molecule has 0 heterocycles. The molecular formula is C10H27IN3O+. The molecular weight excluding hydrogens is 305 g/mol. The average Bonchev–Trinajstić information content (AvgIpc) is 1.85. The highest BCUT2D eigenvalue weighted by molar-refractivity contribution is 14.0. The second-order valence-corrected chi connectivity index (χ2v) is 4.16. The summed E-state index contributed by atoms with van der Waals surface area (Å²) in [6.45, 7) is 8.34. The quantitative estimate of drug-likeness (QED) is 0.471. The molecule has 0 radical (unpaired) electrons. The molecule has 0 saturated heterocycles. The van der Waals surface area contributed by atoms with Gasteiger partial charge in [-0.05, 0) is 13.3 Å². The standard InChI is InChI=1S/C6H16N.C4H7NO.HI.H3N/c1-5-6-7(2,3)4;1-3(2)4(5)6;;/h5-6H2,1-4H3;1H2,2H3,(H2,5,6);1H;1H3/q+1;;;. The van der Waals surface area contributed by atoms with Gasteiger partial charge in [0.1, 0.15) is 0 Å². The van der Waals surface area contributed by atoms with Crippen molar-refractivity contribution < 1.29 is 9.28 Å². The van der Waals surface area contributed by atoms with Gasteiger partial charge in [-0.15, -0.1) is 24.0 Å². The van der Waals surface area contributed by atoms with Gasteiger partial charge in [-0.3, -0.25) is 4.79 Å². The van der Waals surface area contributed by atoms with E-state index in [0.29, 0.717) is 5.57 Å². The van der Waals surface area contributed by atoms with E-state index in [2.05, 4.69) is 34.6 Å². The van der Waals surface area contributed by atoms with Gasteiger partial charge in [0.25, 0.3) is 0 Å². The summed E-state index contributed by atoms with van der Waals surface area (Å²) in [7, 11) is 6.64. The Hall–Kier alpha value is -0.140. The summed E-state index contributed by atoms with van der Waals surface area (Å²) in [6, 6.07) is 0. The molecule has 15 heavy (non-hydrogen) atoms. The SMILES string of the molecule is C=C(C)C(N)=O.CCC[N+](C)(C)C.I.N. The Labute approximate surface area is 111 Å². The third-order valence-corrected chi connectivity index (χ3v) is 1.32. The van der Waals surface area contributed by atoms with E-state index in [9.17, 15) is 4.79 Å². The predicted octanol–water partition coefficient (Wildman–Crippen LogP) is 1.93. The summed E-state index contributed by atoms with van der Waals surface area (Å²) in [5, 5.41) is 0. The molecule has 0 aliphatic heterocycles. The zero-order valence-electron chi connectivity index (χ0n) is 10.7. The van der Waals surface area contributed by atoms with Crippen LogP contribution >= 0.6 is 24.0 Å². The second-order valence-electron chi connectivity index (χ2n) is 4.16. The minimum atomic E-state index is -0.435. The van der Waals surface area contributed by atoms with Crippen LogP contribution in [0.2, 0.25) is 0 Å². The molecule has 0 aromatic heterocycles. The van der Waals surface area contributed by atoms with Crippen molar-refractivity contribution in [2.24, 2.45) is 5.73 Å². The van der Waals surface area contributed by atoms with Gasteiger partial charge in [-0.1, -0.05) is 13.5 Å². The van der Waals surface area contributed by atoms with Gasteiger partial charge in [0.2, 0.25) is 5.91 Å². The van der Waals surface area contributed by atoms with Crippen molar-refractivity contribution in [3.05, 3.63) is 12.2 Å². The summed E-state index contributed by atoms with van der Waals surface area (Å²) >= 11 is 0. The smallest absolute Gasteiger partial charge is 0.243 e. The van der Waals surface area contributed by atoms with Gasteiger partial charge in [-0.2, -0.15) is 0 Å². The maximum atomic E-state index is 9.82. The van der Waals surface area contributed by atoms with Crippen molar-refractivity contribution in [1.29, 1.82) is 0 Å². The molecule has 0 aliphatic carbocycles. The molecule has 0 aromatic carbocycles. The number of nitrogens with two attached hydrogens (primary N) is 1. The first-order chi connectivity index (χ1) is 5.70. The van der Waals surface area contributed by atoms with Crippen molar-refractivity contribution in [2.75, 3.05) is 27.7 Å². The van der Waals surface area contributed by atoms with Crippen molar-refractivity contribution in [3.63, 3.8) is 0 Å². The lowest BCUT2D eigenvalue weighted by Crippen LogP contribution is -2.34. The van der Waals surface area contributed by atoms with Crippen LogP contribution in [0.1, 0.15) is 20.3 Å². The Bertz CT molecular complexity index is 164. The normalized spacial score (nSPS) is 8.60. The number of carbonyl (C=O) groups excluding carboxylic acids is 1. The monoisotopic (exact) mass is 332 g/mol. The molecule has 0 rings (SSSR count). The van der Waals surface area contributed by atoms with E-state index in [1.54, 1.807) is 6.92 Å². The number of nitrogens with zero attached hydrogens (tertiary/aromatic N) is 1. The highest BCUT2D eigenvalue weighted by Crippen LogP contribution is 1.90. The number of quaternary nitrogens is 1. The lowest BCUT2D eigenvalue weighted by atomic mass is 10.3. The Morgan fingerprint density at radius 1 is 1.33 bits per heavy atom. The zero-order chi connectivity index (χ0) is 11.1. The third-order valence-electron chi connectivity index (χ3n) is 1.32. The van der Waals surface area contributed by atoms with E-state index in [1.807, 2.05) is 0 Å². The molecule has 94 valence electrons. The largest absolute Gasteiger partial charge is 0.366 e. The number of rotatable bonds is 3. The van der Waals surface area contributed by atoms with Crippen molar-refractivity contribution in [3.8, 4) is 0 Å². The molecule has 0 aromatic rings. The predicted molar refractivity (Wildman–Crippen MR) is 77.6 cm³/mol. The molecule has 4 nitrogen and oxygen atoms in total. The first-order valence-electron chi connectivity index (χ1n) is 4.46. The minimum Gasteiger partial charge on any atom is -0.366 e. The van der Waals surface area contributed by atoms with Crippen molar-refractivity contribution >= 4 is 29.9 Å². The molecule has 5 N–H and O–H groups in total. The molecule has 0 saturated carbocycles. The summed E-state index contributed by atoms with van der Waals surface area (Å²) < 4.78 is 1.09. The van der Waals surface area contributed by atoms with Crippen LogP contribution in [0.3, 0.4) is 0 Å². The lowest BCUT2D eigenvalue weighted by Gasteiger charge is -2.22. The lowest BCUT2D eigenvalue weighted by molar-refractivity contribution is -0.870. The first kappa shape index (κ1) is 24.2. The first-order valence-corrected chi connectivity index (χ1v) is 4.46. The summed E-state index contributed by atoms with van der Waals surface area (Å²) in [4.78, 5) is 9.82. The van der Waals surface area contributed by atoms with Gasteiger partial charge in [0, 0.05) is 5.57 Å². The van der Waals surface area contributed by atoms with Crippen LogP contribution in [-0.4, -0.2) is 38.1 Å². The number of halogens is 1. The van der Waals surface area contributed by atoms with Crippen LogP contribution in [0.15, 0.2) is 12.2 Å². The van der Waals surface area contributed by atoms with Gasteiger partial charge in [-0.25, -0.2) is 0 Å². The van der Waals surface area contributed by atoms with E-state index in [4.69, 9.17) is 5.73 Å². The van der Waals surface area contributed by atoms with E-state index in [1.165, 1.54) is 13.0 Å². The Morgan fingerprint density at radius 2 is 1.60 bits per heavy atom. The van der Waals surface area contributed by atoms with Crippen LogP contribution < -0.4 is 11.9 Å². The molecule has 0 unspecified atom stereocenters. The maximum absolute atomic E-state index is 9.82. The maximum Gasteiger partial charge on any atom is 0.243 e. The molecule has 0 fully saturated rings.